The number of ketones is 1. The highest BCUT2D eigenvalue weighted by atomic mass is 35.5. The highest BCUT2D eigenvalue weighted by Gasteiger charge is 2.27. The molecule has 0 amide bonds. The molecule has 2 rings (SSSR count). The normalized spacial score (nSPS) is 12.2. The maximum atomic E-state index is 12.6. The summed E-state index contributed by atoms with van der Waals surface area (Å²) in [4.78, 5) is 15.4. The molecule has 0 aliphatic carbocycles. The molecule has 10 heteroatoms. The molecule has 1 heterocycles. The molecular formula is C19H19ClN2O5S2. The Morgan fingerprint density at radius 2 is 1.72 bits per heavy atom. The number of hydrogen-bond donors (Lipinski definition) is 1. The third-order valence-corrected chi connectivity index (χ3v) is 6.59. The highest BCUT2D eigenvalue weighted by Crippen LogP contribution is 2.22. The lowest BCUT2D eigenvalue weighted by Crippen LogP contribution is -2.21. The number of halogens is 1. The van der Waals surface area contributed by atoms with E-state index in [4.69, 9.17) is 16.7 Å². The Morgan fingerprint density at radius 1 is 1.14 bits per heavy atom. The molecule has 0 saturated heterocycles. The molecule has 0 bridgehead atoms. The summed E-state index contributed by atoms with van der Waals surface area (Å²) >= 11 is 6.11. The number of nitrogens with zero attached hydrogens (tertiary/aromatic N) is 1. The van der Waals surface area contributed by atoms with E-state index in [1.807, 2.05) is 20.8 Å². The number of primary sulfonamides is 1. The number of aromatic nitrogens is 1. The van der Waals surface area contributed by atoms with Crippen LogP contribution in [0, 0.1) is 17.3 Å². The van der Waals surface area contributed by atoms with Crippen molar-refractivity contribution in [2.45, 2.75) is 30.6 Å². The van der Waals surface area contributed by atoms with E-state index in [-0.39, 0.29) is 21.7 Å². The maximum Gasteiger partial charge on any atom is 0.239 e. The minimum Gasteiger partial charge on any atom is -0.293 e. The van der Waals surface area contributed by atoms with Crippen molar-refractivity contribution in [1.82, 2.24) is 4.98 Å². The van der Waals surface area contributed by atoms with Crippen LogP contribution in [0.5, 0.6) is 0 Å². The number of nitrogens with two attached hydrogens (primary N) is 1. The average molecular weight is 455 g/mol. The quantitative estimate of drug-likeness (QED) is 0.546. The van der Waals surface area contributed by atoms with E-state index in [9.17, 15) is 21.6 Å². The molecule has 0 atom stereocenters. The predicted octanol–water partition coefficient (Wildman–Crippen LogP) is 2.44. The lowest BCUT2D eigenvalue weighted by molar-refractivity contribution is 0.102. The molecule has 1 aromatic heterocycles. The lowest BCUT2D eigenvalue weighted by Gasteiger charge is -2.09. The van der Waals surface area contributed by atoms with Crippen LogP contribution in [0.2, 0.25) is 5.02 Å². The van der Waals surface area contributed by atoms with Crippen molar-refractivity contribution < 1.29 is 21.6 Å². The predicted molar refractivity (Wildman–Crippen MR) is 110 cm³/mol. The summed E-state index contributed by atoms with van der Waals surface area (Å²) in [5, 5.41) is 5.18. The van der Waals surface area contributed by atoms with Crippen LogP contribution >= 0.6 is 11.6 Å². The number of pyridine rings is 1. The third kappa shape index (κ3) is 6.11. The summed E-state index contributed by atoms with van der Waals surface area (Å²) in [5.74, 6) is 4.01. The van der Waals surface area contributed by atoms with Gasteiger partial charge in [0.05, 0.1) is 9.92 Å². The molecule has 154 valence electrons. The monoisotopic (exact) mass is 454 g/mol. The van der Waals surface area contributed by atoms with Gasteiger partial charge in [-0.1, -0.05) is 29.7 Å². The van der Waals surface area contributed by atoms with Crippen molar-refractivity contribution in [3.05, 3.63) is 52.8 Å². The number of Topliss-reactive ketones (excluding diaryl/α,β-unsaturated/α-hetero) is 1. The molecule has 0 fully saturated rings. The number of hydrogen-bond acceptors (Lipinski definition) is 6. The van der Waals surface area contributed by atoms with Gasteiger partial charge in [-0.3, -0.25) is 4.79 Å². The van der Waals surface area contributed by atoms with E-state index in [1.54, 1.807) is 0 Å². The van der Waals surface area contributed by atoms with Crippen molar-refractivity contribution in [3.8, 4) is 11.8 Å². The van der Waals surface area contributed by atoms with Gasteiger partial charge in [-0.15, -0.1) is 0 Å². The fourth-order valence-corrected chi connectivity index (χ4v) is 5.09. The van der Waals surface area contributed by atoms with Gasteiger partial charge in [-0.25, -0.2) is 27.0 Å². The fourth-order valence-electron chi connectivity index (χ4n) is 2.20. The first-order chi connectivity index (χ1) is 13.2. The van der Waals surface area contributed by atoms with E-state index in [1.165, 1.54) is 24.4 Å². The summed E-state index contributed by atoms with van der Waals surface area (Å²) in [6.07, 6.45) is 1.18. The highest BCUT2D eigenvalue weighted by molar-refractivity contribution is 7.94. The van der Waals surface area contributed by atoms with Crippen LogP contribution in [0.1, 0.15) is 36.8 Å². The van der Waals surface area contributed by atoms with Gasteiger partial charge in [0.1, 0.15) is 16.3 Å². The fraction of sp³-hybridized carbons (Fsp3) is 0.263. The third-order valence-electron chi connectivity index (χ3n) is 3.53. The Kier molecular flexibility index (Phi) is 6.55. The van der Waals surface area contributed by atoms with Gasteiger partial charge < -0.3 is 0 Å². The van der Waals surface area contributed by atoms with Crippen LogP contribution in [-0.4, -0.2) is 33.4 Å². The van der Waals surface area contributed by atoms with Gasteiger partial charge in [-0.05, 0) is 44.9 Å². The zero-order valence-corrected chi connectivity index (χ0v) is 18.3. The van der Waals surface area contributed by atoms with Crippen LogP contribution in [0.15, 0.2) is 46.3 Å². The SMILES string of the molecule is CC(C)(C)C#Cc1ncc(C(=O)CS(=O)(=O)c2ccccc2S(N)(=O)=O)cc1Cl. The van der Waals surface area contributed by atoms with Crippen molar-refractivity contribution >= 4 is 37.2 Å². The lowest BCUT2D eigenvalue weighted by atomic mass is 9.98. The largest absolute Gasteiger partial charge is 0.293 e. The van der Waals surface area contributed by atoms with Gasteiger partial charge in [0, 0.05) is 17.2 Å². The zero-order chi connectivity index (χ0) is 22.0. The summed E-state index contributed by atoms with van der Waals surface area (Å²) < 4.78 is 48.6. The molecule has 0 unspecified atom stereocenters. The average Bonchev–Trinajstić information content (AvgIpc) is 2.58. The number of sulfonamides is 1. The Bertz CT molecular complexity index is 1240. The van der Waals surface area contributed by atoms with E-state index in [0.29, 0.717) is 0 Å². The van der Waals surface area contributed by atoms with Gasteiger partial charge in [-0.2, -0.15) is 0 Å². The second kappa shape index (κ2) is 8.24. The first-order valence-electron chi connectivity index (χ1n) is 8.27. The van der Waals surface area contributed by atoms with E-state index >= 15 is 0 Å². The molecule has 7 nitrogen and oxygen atoms in total. The molecule has 0 saturated carbocycles. The molecule has 2 aromatic rings. The minimum absolute atomic E-state index is 0.0343. The topological polar surface area (TPSA) is 124 Å². The molecule has 29 heavy (non-hydrogen) atoms. The van der Waals surface area contributed by atoms with Crippen LogP contribution in [0.4, 0.5) is 0 Å². The Balaban J connectivity index is 2.36. The maximum absolute atomic E-state index is 12.6. The zero-order valence-electron chi connectivity index (χ0n) is 15.9. The van der Waals surface area contributed by atoms with Crippen LogP contribution in [0.25, 0.3) is 0 Å². The number of carbonyl (C=O) groups excluding carboxylic acids is 1. The van der Waals surface area contributed by atoms with E-state index in [2.05, 4.69) is 16.8 Å². The first-order valence-corrected chi connectivity index (χ1v) is 11.8. The van der Waals surface area contributed by atoms with Crippen molar-refractivity contribution in [2.75, 3.05) is 5.75 Å². The van der Waals surface area contributed by atoms with Gasteiger partial charge >= 0.3 is 0 Å². The number of rotatable bonds is 5. The molecule has 2 N–H and O–H groups in total. The van der Waals surface area contributed by atoms with Crippen molar-refractivity contribution in [2.24, 2.45) is 10.6 Å². The smallest absolute Gasteiger partial charge is 0.239 e. The molecule has 0 spiro atoms. The Labute approximate surface area is 175 Å². The molecular weight excluding hydrogens is 436 g/mol. The molecule has 0 aliphatic rings. The van der Waals surface area contributed by atoms with Crippen LogP contribution in [0.3, 0.4) is 0 Å². The second-order valence-corrected chi connectivity index (χ2v) is 11.1. The minimum atomic E-state index is -4.29. The van der Waals surface area contributed by atoms with Crippen molar-refractivity contribution in [1.29, 1.82) is 0 Å². The summed E-state index contributed by atoms with van der Waals surface area (Å²) in [6.45, 7) is 5.74. The van der Waals surface area contributed by atoms with Gasteiger partial charge in [0.2, 0.25) is 10.0 Å². The van der Waals surface area contributed by atoms with Crippen LogP contribution < -0.4 is 5.14 Å². The standard InChI is InChI=1S/C19H19ClN2O5S2/c1-19(2,3)9-8-15-14(20)10-13(11-22-15)16(23)12-28(24,25)17-6-4-5-7-18(17)29(21,26)27/h4-7,10-11H,12H2,1-3H3,(H2,21,26,27). The first kappa shape index (κ1) is 23.0. The van der Waals surface area contributed by atoms with E-state index < -0.39 is 41.2 Å². The molecule has 0 radical (unpaired) electrons. The van der Waals surface area contributed by atoms with E-state index in [0.717, 1.165) is 12.1 Å². The van der Waals surface area contributed by atoms with Crippen molar-refractivity contribution in [3.63, 3.8) is 0 Å². The van der Waals surface area contributed by atoms with Crippen LogP contribution in [-0.2, 0) is 19.9 Å². The summed E-state index contributed by atoms with van der Waals surface area (Å²) in [5.41, 5.74) is -0.0434. The summed E-state index contributed by atoms with van der Waals surface area (Å²) in [6, 6.07) is 6.10. The Hall–Kier alpha value is -2.25. The summed E-state index contributed by atoms with van der Waals surface area (Å²) in [7, 11) is -8.57. The van der Waals surface area contributed by atoms with Gasteiger partial charge in [0.15, 0.2) is 15.6 Å². The van der Waals surface area contributed by atoms with Gasteiger partial charge in [0.25, 0.3) is 0 Å². The second-order valence-electron chi connectivity index (χ2n) is 7.23. The molecule has 0 aliphatic heterocycles. The molecule has 1 aromatic carbocycles. The number of carbonyl (C=O) groups is 1. The number of sulfone groups is 1. The Morgan fingerprint density at radius 3 is 2.24 bits per heavy atom. The number of benzene rings is 1.